The van der Waals surface area contributed by atoms with Gasteiger partial charge in [-0.2, -0.15) is 0 Å². The van der Waals surface area contributed by atoms with Gasteiger partial charge >= 0.3 is 0 Å². The number of hydrogen-bond acceptors (Lipinski definition) is 3. The van der Waals surface area contributed by atoms with Gasteiger partial charge in [-0.25, -0.2) is 4.98 Å². The van der Waals surface area contributed by atoms with Crippen LogP contribution in [0.5, 0.6) is 0 Å². The molecule has 4 aliphatic carbocycles. The fraction of sp³-hybridized carbons (Fsp3) is 0.625. The zero-order valence-electron chi connectivity index (χ0n) is 22.2. The predicted molar refractivity (Wildman–Crippen MR) is 142 cm³/mol. The maximum atomic E-state index is 12.0. The van der Waals surface area contributed by atoms with Gasteiger partial charge in [-0.15, -0.1) is 0 Å². The number of aromatic nitrogens is 2. The topological polar surface area (TPSA) is 46.0 Å². The molecular weight excluding hydrogens is 428 g/mol. The number of benzene rings is 1. The molecule has 184 valence electrons. The van der Waals surface area contributed by atoms with Gasteiger partial charge in [0, 0.05) is 22.4 Å². The number of aliphatic hydroxyl groups is 1. The van der Waals surface area contributed by atoms with E-state index in [0.29, 0.717) is 34.5 Å². The third-order valence-corrected chi connectivity index (χ3v) is 11.8. The zero-order valence-corrected chi connectivity index (χ0v) is 22.2. The number of rotatable bonds is 4. The van der Waals surface area contributed by atoms with Crippen molar-refractivity contribution >= 4 is 21.8 Å². The second-order valence-electron chi connectivity index (χ2n) is 13.6. The number of pyridine rings is 2. The molecule has 0 spiro atoms. The van der Waals surface area contributed by atoms with Crippen molar-refractivity contribution in [3.8, 4) is 0 Å². The molecule has 4 aliphatic rings. The molecule has 1 N–H and O–H groups in total. The fourth-order valence-electron chi connectivity index (χ4n) is 9.09. The van der Waals surface area contributed by atoms with Crippen LogP contribution in [0.3, 0.4) is 0 Å². The molecule has 0 bridgehead atoms. The molecule has 3 nitrogen and oxygen atoms in total. The summed E-state index contributed by atoms with van der Waals surface area (Å²) in [5.41, 5.74) is 4.04. The Hall–Kier alpha value is -2.00. The van der Waals surface area contributed by atoms with Crippen LogP contribution in [0.4, 0.5) is 0 Å². The van der Waals surface area contributed by atoms with Gasteiger partial charge in [-0.1, -0.05) is 65.8 Å². The normalized spacial score (nSPS) is 41.7. The van der Waals surface area contributed by atoms with E-state index in [2.05, 4.69) is 77.9 Å². The molecule has 4 saturated carbocycles. The summed E-state index contributed by atoms with van der Waals surface area (Å²) in [5, 5.41) is 14.2. The first-order valence-corrected chi connectivity index (χ1v) is 14.0. The highest BCUT2D eigenvalue weighted by Crippen LogP contribution is 2.74. The Bertz CT molecular complexity index is 1360. The minimum atomic E-state index is -0.841. The zero-order chi connectivity index (χ0) is 24.5. The third kappa shape index (κ3) is 2.77. The molecule has 8 atom stereocenters. The van der Waals surface area contributed by atoms with E-state index in [1.807, 2.05) is 0 Å². The summed E-state index contributed by atoms with van der Waals surface area (Å²) in [7, 11) is 0. The standard InChI is InChI=1S/C32H40N2O/c1-17(2)30-13-23(19(5)24(30)14-30)26-11-9-21-7-8-22-10-12-27(34-29(22)28(21)33-26)32(35)16-31(18(3)4)15-25(31)20(32)6/h7-12,17-20,23-25,35H,13-16H2,1-6H3. The van der Waals surface area contributed by atoms with Crippen molar-refractivity contribution in [3.63, 3.8) is 0 Å². The highest BCUT2D eigenvalue weighted by molar-refractivity contribution is 6.02. The molecule has 3 aromatic rings. The van der Waals surface area contributed by atoms with E-state index in [0.717, 1.165) is 45.8 Å². The Labute approximate surface area is 209 Å². The molecule has 7 rings (SSSR count). The molecule has 0 radical (unpaired) electrons. The molecule has 0 saturated heterocycles. The largest absolute Gasteiger partial charge is 0.383 e. The maximum absolute atomic E-state index is 12.0. The minimum Gasteiger partial charge on any atom is -0.383 e. The Kier molecular flexibility index (Phi) is 4.35. The number of hydrogen-bond donors (Lipinski definition) is 1. The molecule has 4 fully saturated rings. The summed E-state index contributed by atoms with van der Waals surface area (Å²) in [6.45, 7) is 14.1. The Morgan fingerprint density at radius 1 is 0.771 bits per heavy atom. The molecule has 3 heteroatoms. The summed E-state index contributed by atoms with van der Waals surface area (Å²) in [4.78, 5) is 10.5. The van der Waals surface area contributed by atoms with Crippen molar-refractivity contribution in [1.29, 1.82) is 0 Å². The first kappa shape index (κ1) is 22.2. The van der Waals surface area contributed by atoms with E-state index in [1.54, 1.807) is 0 Å². The van der Waals surface area contributed by atoms with Gasteiger partial charge in [0.15, 0.2) is 0 Å². The van der Waals surface area contributed by atoms with Crippen molar-refractivity contribution in [1.82, 2.24) is 9.97 Å². The van der Waals surface area contributed by atoms with E-state index in [-0.39, 0.29) is 5.92 Å². The van der Waals surface area contributed by atoms with E-state index >= 15 is 0 Å². The third-order valence-electron chi connectivity index (χ3n) is 11.8. The molecule has 2 heterocycles. The van der Waals surface area contributed by atoms with Gasteiger partial charge in [-0.05, 0) is 84.2 Å². The number of nitrogens with zero attached hydrogens (tertiary/aromatic N) is 2. The smallest absolute Gasteiger partial charge is 0.110 e. The molecule has 8 unspecified atom stereocenters. The lowest BCUT2D eigenvalue weighted by Crippen LogP contribution is -2.33. The quantitative estimate of drug-likeness (QED) is 0.404. The molecule has 35 heavy (non-hydrogen) atoms. The van der Waals surface area contributed by atoms with E-state index in [9.17, 15) is 5.11 Å². The van der Waals surface area contributed by atoms with Gasteiger partial charge in [0.2, 0.25) is 0 Å². The van der Waals surface area contributed by atoms with Crippen LogP contribution in [-0.4, -0.2) is 15.1 Å². The lowest BCUT2D eigenvalue weighted by Gasteiger charge is -2.31. The predicted octanol–water partition coefficient (Wildman–Crippen LogP) is 7.46. The number of fused-ring (bicyclic) bond motifs is 5. The second-order valence-corrected chi connectivity index (χ2v) is 13.6. The maximum Gasteiger partial charge on any atom is 0.110 e. The second kappa shape index (κ2) is 6.85. The van der Waals surface area contributed by atoms with Crippen LogP contribution in [0, 0.1) is 46.3 Å². The van der Waals surface area contributed by atoms with Gasteiger partial charge in [0.05, 0.1) is 16.7 Å². The van der Waals surface area contributed by atoms with Gasteiger partial charge in [0.1, 0.15) is 5.60 Å². The van der Waals surface area contributed by atoms with Crippen LogP contribution in [0.2, 0.25) is 0 Å². The van der Waals surface area contributed by atoms with Crippen LogP contribution in [0.15, 0.2) is 36.4 Å². The minimum absolute atomic E-state index is 0.242. The SMILES string of the molecule is CC1C(c2ccc3ccc4ccc(C5(O)CC6(C(C)C)CC6C5C)nc4c3n2)CC2(C(C)C)CC12. The van der Waals surface area contributed by atoms with E-state index in [1.165, 1.54) is 25.0 Å². The summed E-state index contributed by atoms with van der Waals surface area (Å²) >= 11 is 0. The first-order chi connectivity index (χ1) is 16.6. The summed E-state index contributed by atoms with van der Waals surface area (Å²) in [6.07, 6.45) is 4.77. The average Bonchev–Trinajstić information content (AvgIpc) is 3.72. The van der Waals surface area contributed by atoms with Gasteiger partial charge in [-0.3, -0.25) is 4.98 Å². The van der Waals surface area contributed by atoms with Gasteiger partial charge < -0.3 is 5.11 Å². The highest BCUT2D eigenvalue weighted by atomic mass is 16.3. The van der Waals surface area contributed by atoms with Crippen molar-refractivity contribution < 1.29 is 5.11 Å². The lowest BCUT2D eigenvalue weighted by molar-refractivity contribution is -0.0217. The average molecular weight is 469 g/mol. The van der Waals surface area contributed by atoms with Crippen molar-refractivity contribution in [2.75, 3.05) is 0 Å². The first-order valence-electron chi connectivity index (χ1n) is 14.0. The molecule has 2 aromatic heterocycles. The van der Waals surface area contributed by atoms with Gasteiger partial charge in [0.25, 0.3) is 0 Å². The fourth-order valence-corrected chi connectivity index (χ4v) is 9.09. The van der Waals surface area contributed by atoms with Crippen LogP contribution >= 0.6 is 0 Å². The van der Waals surface area contributed by atoms with Crippen LogP contribution in [-0.2, 0) is 5.60 Å². The Morgan fingerprint density at radius 3 is 2.00 bits per heavy atom. The van der Waals surface area contributed by atoms with Crippen LogP contribution in [0.1, 0.15) is 84.5 Å². The van der Waals surface area contributed by atoms with E-state index in [4.69, 9.17) is 9.97 Å². The molecular formula is C32H40N2O. The summed E-state index contributed by atoms with van der Waals surface area (Å²) < 4.78 is 0. The molecule has 1 aromatic carbocycles. The Balaban J connectivity index is 1.31. The molecule has 0 aliphatic heterocycles. The van der Waals surface area contributed by atoms with Crippen molar-refractivity contribution in [2.24, 2.45) is 46.3 Å². The summed E-state index contributed by atoms with van der Waals surface area (Å²) in [5.74, 6) is 4.30. The lowest BCUT2D eigenvalue weighted by atomic mass is 9.81. The Morgan fingerprint density at radius 2 is 1.37 bits per heavy atom. The van der Waals surface area contributed by atoms with Crippen LogP contribution < -0.4 is 0 Å². The van der Waals surface area contributed by atoms with Crippen LogP contribution in [0.25, 0.3) is 21.8 Å². The summed E-state index contributed by atoms with van der Waals surface area (Å²) in [6, 6.07) is 13.1. The van der Waals surface area contributed by atoms with E-state index < -0.39 is 5.60 Å². The van der Waals surface area contributed by atoms with Crippen molar-refractivity contribution in [3.05, 3.63) is 47.8 Å². The monoisotopic (exact) mass is 468 g/mol. The van der Waals surface area contributed by atoms with Crippen molar-refractivity contribution in [2.45, 2.75) is 78.7 Å². The highest BCUT2D eigenvalue weighted by Gasteiger charge is 2.70. The molecule has 0 amide bonds.